The van der Waals surface area contributed by atoms with Crippen molar-refractivity contribution in [2.45, 2.75) is 46.6 Å². The molecule has 0 aromatic heterocycles. The molecular weight excluding hydrogens is 557 g/mol. The van der Waals surface area contributed by atoms with Crippen LogP contribution in [-0.2, 0) is 4.79 Å². The standard InChI is InChI=1S/C25H30BrCl2N3O4/c1-5-7-10-35-23-18(26)11-16(12-21(23)34-6-2)14-29-31-25(33)22(15(3)4)30-24(32)17-8-9-19(27)20(28)13-17/h8-9,11-15,22H,5-7,10H2,1-4H3,(H,30,32)(H,31,33). The summed E-state index contributed by atoms with van der Waals surface area (Å²) in [4.78, 5) is 25.4. The zero-order valence-corrected chi connectivity index (χ0v) is 23.3. The number of benzene rings is 2. The third kappa shape index (κ3) is 8.70. The number of nitrogens with one attached hydrogen (secondary N) is 2. The fourth-order valence-electron chi connectivity index (χ4n) is 3.02. The summed E-state index contributed by atoms with van der Waals surface area (Å²) in [7, 11) is 0. The number of rotatable bonds is 12. The minimum Gasteiger partial charge on any atom is -0.490 e. The summed E-state index contributed by atoms with van der Waals surface area (Å²) in [6, 6.07) is 7.33. The van der Waals surface area contributed by atoms with Crippen molar-refractivity contribution in [2.75, 3.05) is 13.2 Å². The van der Waals surface area contributed by atoms with Gasteiger partial charge in [-0.05, 0) is 71.1 Å². The van der Waals surface area contributed by atoms with Crippen LogP contribution in [-0.4, -0.2) is 37.3 Å². The third-order valence-corrected chi connectivity index (χ3v) is 6.21. The van der Waals surface area contributed by atoms with Gasteiger partial charge in [0.25, 0.3) is 11.8 Å². The largest absolute Gasteiger partial charge is 0.490 e. The average Bonchev–Trinajstić information content (AvgIpc) is 2.80. The molecule has 1 atom stereocenters. The second kappa shape index (κ2) is 14.3. The molecule has 10 heteroatoms. The lowest BCUT2D eigenvalue weighted by molar-refractivity contribution is -0.123. The highest BCUT2D eigenvalue weighted by atomic mass is 79.9. The number of amides is 2. The minimum absolute atomic E-state index is 0.185. The second-order valence-corrected chi connectivity index (χ2v) is 9.69. The van der Waals surface area contributed by atoms with E-state index in [9.17, 15) is 9.59 Å². The Morgan fingerprint density at radius 2 is 1.86 bits per heavy atom. The van der Waals surface area contributed by atoms with E-state index in [1.54, 1.807) is 12.1 Å². The molecule has 2 rings (SSSR count). The lowest BCUT2D eigenvalue weighted by Gasteiger charge is -2.20. The minimum atomic E-state index is -0.811. The van der Waals surface area contributed by atoms with Crippen LogP contribution in [0.25, 0.3) is 0 Å². The summed E-state index contributed by atoms with van der Waals surface area (Å²) < 4.78 is 12.3. The summed E-state index contributed by atoms with van der Waals surface area (Å²) in [6.45, 7) is 8.70. The summed E-state index contributed by atoms with van der Waals surface area (Å²) in [5, 5.41) is 7.39. The van der Waals surface area contributed by atoms with Crippen LogP contribution in [0.4, 0.5) is 0 Å². The first-order valence-electron chi connectivity index (χ1n) is 11.4. The van der Waals surface area contributed by atoms with Crippen LogP contribution >= 0.6 is 39.1 Å². The van der Waals surface area contributed by atoms with Gasteiger partial charge in [-0.1, -0.05) is 50.4 Å². The molecule has 2 N–H and O–H groups in total. The Morgan fingerprint density at radius 3 is 2.49 bits per heavy atom. The maximum absolute atomic E-state index is 12.8. The Morgan fingerprint density at radius 1 is 1.11 bits per heavy atom. The summed E-state index contributed by atoms with van der Waals surface area (Å²) >= 11 is 15.4. The van der Waals surface area contributed by atoms with Gasteiger partial charge in [0, 0.05) is 5.56 Å². The van der Waals surface area contributed by atoms with Gasteiger partial charge in [0.15, 0.2) is 11.5 Å². The number of carbonyl (C=O) groups excluding carboxylic acids is 2. The molecule has 190 valence electrons. The highest BCUT2D eigenvalue weighted by Gasteiger charge is 2.25. The second-order valence-electron chi connectivity index (χ2n) is 8.02. The number of hydrogen-bond donors (Lipinski definition) is 2. The van der Waals surface area contributed by atoms with E-state index < -0.39 is 17.9 Å². The van der Waals surface area contributed by atoms with Gasteiger partial charge < -0.3 is 14.8 Å². The number of ether oxygens (including phenoxy) is 2. The Bertz CT molecular complexity index is 1060. The maximum atomic E-state index is 12.8. The molecule has 0 spiro atoms. The molecule has 2 amide bonds. The normalized spacial score (nSPS) is 12.0. The van der Waals surface area contributed by atoms with Crippen molar-refractivity contribution in [1.29, 1.82) is 0 Å². The first-order chi connectivity index (χ1) is 16.7. The molecule has 0 radical (unpaired) electrons. The highest BCUT2D eigenvalue weighted by Crippen LogP contribution is 2.36. The molecule has 0 aliphatic heterocycles. The van der Waals surface area contributed by atoms with Crippen LogP contribution in [0.2, 0.25) is 10.0 Å². The molecule has 1 unspecified atom stereocenters. The molecule has 2 aromatic rings. The van der Waals surface area contributed by atoms with E-state index in [-0.39, 0.29) is 10.9 Å². The van der Waals surface area contributed by atoms with Crippen molar-refractivity contribution in [3.63, 3.8) is 0 Å². The number of hydrazone groups is 1. The van der Waals surface area contributed by atoms with Crippen LogP contribution in [0.15, 0.2) is 39.9 Å². The van der Waals surface area contributed by atoms with E-state index in [0.717, 1.165) is 17.3 Å². The molecule has 0 aliphatic carbocycles. The van der Waals surface area contributed by atoms with Gasteiger partial charge in [-0.2, -0.15) is 5.10 Å². The SMILES string of the molecule is CCCCOc1c(Br)cc(C=NNC(=O)C(NC(=O)c2ccc(Cl)c(Cl)c2)C(C)C)cc1OCC. The zero-order chi connectivity index (χ0) is 26.0. The lowest BCUT2D eigenvalue weighted by Crippen LogP contribution is -2.48. The van der Waals surface area contributed by atoms with Gasteiger partial charge in [0.2, 0.25) is 0 Å². The van der Waals surface area contributed by atoms with Crippen LogP contribution in [0, 0.1) is 5.92 Å². The maximum Gasteiger partial charge on any atom is 0.262 e. The Labute approximate surface area is 224 Å². The predicted octanol–water partition coefficient (Wildman–Crippen LogP) is 6.24. The number of nitrogens with zero attached hydrogens (tertiary/aromatic N) is 1. The molecule has 35 heavy (non-hydrogen) atoms. The van der Waals surface area contributed by atoms with Crippen LogP contribution in [0.3, 0.4) is 0 Å². The van der Waals surface area contributed by atoms with Gasteiger partial charge in [0.05, 0.1) is 33.9 Å². The fourth-order valence-corrected chi connectivity index (χ4v) is 3.89. The van der Waals surface area contributed by atoms with E-state index in [0.29, 0.717) is 40.9 Å². The molecule has 0 bridgehead atoms. The van der Waals surface area contributed by atoms with Crippen LogP contribution < -0.4 is 20.2 Å². The molecule has 0 heterocycles. The molecule has 0 aliphatic rings. The van der Waals surface area contributed by atoms with Crippen molar-refractivity contribution >= 4 is 57.2 Å². The van der Waals surface area contributed by atoms with Crippen LogP contribution in [0.5, 0.6) is 11.5 Å². The summed E-state index contributed by atoms with van der Waals surface area (Å²) in [5.41, 5.74) is 3.50. The zero-order valence-electron chi connectivity index (χ0n) is 20.2. The number of hydrogen-bond acceptors (Lipinski definition) is 5. The van der Waals surface area contributed by atoms with Gasteiger partial charge in [-0.15, -0.1) is 0 Å². The van der Waals surface area contributed by atoms with Crippen molar-refractivity contribution in [2.24, 2.45) is 11.0 Å². The number of carbonyl (C=O) groups is 2. The summed E-state index contributed by atoms with van der Waals surface area (Å²) in [5.74, 6) is 0.139. The Kier molecular flexibility index (Phi) is 11.8. The van der Waals surface area contributed by atoms with E-state index in [2.05, 4.69) is 38.7 Å². The quantitative estimate of drug-likeness (QED) is 0.175. The number of halogens is 3. The molecule has 7 nitrogen and oxygen atoms in total. The van der Waals surface area contributed by atoms with Gasteiger partial charge in [0.1, 0.15) is 6.04 Å². The monoisotopic (exact) mass is 585 g/mol. The first-order valence-corrected chi connectivity index (χ1v) is 12.9. The van der Waals surface area contributed by atoms with Crippen molar-refractivity contribution in [3.8, 4) is 11.5 Å². The van der Waals surface area contributed by atoms with Crippen molar-refractivity contribution in [3.05, 3.63) is 56.0 Å². The molecule has 0 saturated heterocycles. The van der Waals surface area contributed by atoms with Gasteiger partial charge in [-0.25, -0.2) is 5.43 Å². The molecule has 2 aromatic carbocycles. The number of unbranched alkanes of at least 4 members (excludes halogenated alkanes) is 1. The fraction of sp³-hybridized carbons (Fsp3) is 0.400. The molecular formula is C25H30BrCl2N3O4. The average molecular weight is 587 g/mol. The third-order valence-electron chi connectivity index (χ3n) is 4.88. The summed E-state index contributed by atoms with van der Waals surface area (Å²) in [6.07, 6.45) is 3.46. The Balaban J connectivity index is 2.10. The topological polar surface area (TPSA) is 89.0 Å². The van der Waals surface area contributed by atoms with E-state index in [4.69, 9.17) is 32.7 Å². The van der Waals surface area contributed by atoms with E-state index in [1.165, 1.54) is 18.3 Å². The van der Waals surface area contributed by atoms with Crippen molar-refractivity contribution < 1.29 is 19.1 Å². The van der Waals surface area contributed by atoms with Crippen molar-refractivity contribution in [1.82, 2.24) is 10.7 Å². The van der Waals surface area contributed by atoms with Gasteiger partial charge in [-0.3, -0.25) is 9.59 Å². The van der Waals surface area contributed by atoms with Crippen LogP contribution in [0.1, 0.15) is 56.5 Å². The molecule has 0 fully saturated rings. The smallest absolute Gasteiger partial charge is 0.262 e. The van der Waals surface area contributed by atoms with E-state index in [1.807, 2.05) is 26.8 Å². The van der Waals surface area contributed by atoms with E-state index >= 15 is 0 Å². The highest BCUT2D eigenvalue weighted by molar-refractivity contribution is 9.10. The predicted molar refractivity (Wildman–Crippen MR) is 144 cm³/mol. The Hall–Kier alpha value is -2.29. The van der Waals surface area contributed by atoms with Gasteiger partial charge >= 0.3 is 0 Å². The molecule has 0 saturated carbocycles. The lowest BCUT2D eigenvalue weighted by atomic mass is 10.0. The first kappa shape index (κ1) is 28.9.